The molecular formula is C32H29F2N3O6S. The molecule has 0 unspecified atom stereocenters. The second kappa shape index (κ2) is 13.7. The van der Waals surface area contributed by atoms with Crippen LogP contribution < -0.4 is 24.8 Å². The van der Waals surface area contributed by atoms with Crippen LogP contribution in [0.4, 0.5) is 20.2 Å². The lowest BCUT2D eigenvalue weighted by Crippen LogP contribution is -2.35. The first kappa shape index (κ1) is 30.7. The summed E-state index contributed by atoms with van der Waals surface area (Å²) in [6.45, 7) is 0.436. The average Bonchev–Trinajstić information content (AvgIpc) is 3.84. The van der Waals surface area contributed by atoms with Gasteiger partial charge in [0.2, 0.25) is 11.8 Å². The molecule has 0 aliphatic heterocycles. The van der Waals surface area contributed by atoms with Gasteiger partial charge >= 0.3 is 0 Å². The minimum absolute atomic E-state index is 0.0850. The Kier molecular flexibility index (Phi) is 9.59. The minimum atomic E-state index is -1.28. The van der Waals surface area contributed by atoms with E-state index in [0.717, 1.165) is 30.3 Å². The van der Waals surface area contributed by atoms with Crippen LogP contribution in [0.15, 0.2) is 66.9 Å². The van der Waals surface area contributed by atoms with Crippen molar-refractivity contribution in [3.05, 3.63) is 78.5 Å². The topological polar surface area (TPSA) is 116 Å². The molecule has 1 aromatic heterocycles. The van der Waals surface area contributed by atoms with Gasteiger partial charge in [-0.3, -0.25) is 19.4 Å². The first-order valence-electron chi connectivity index (χ1n) is 13.8. The molecular weight excluding hydrogens is 592 g/mol. The molecule has 4 aromatic rings. The minimum Gasteiger partial charge on any atom is -0.493 e. The SMILES string of the molecule is COc1cc2c(Oc3ccc(NC(=O)C4(C(=O)Nc5ccc(F)cc5)CC4)cc3F)ccnc2cc1OCCCCSC=O. The summed E-state index contributed by atoms with van der Waals surface area (Å²) in [4.78, 5) is 40.6. The largest absolute Gasteiger partial charge is 0.493 e. The third kappa shape index (κ3) is 7.08. The molecule has 1 aliphatic carbocycles. The van der Waals surface area contributed by atoms with Crippen molar-refractivity contribution in [2.24, 2.45) is 5.41 Å². The number of anilines is 2. The summed E-state index contributed by atoms with van der Waals surface area (Å²) in [7, 11) is 1.51. The lowest BCUT2D eigenvalue weighted by Gasteiger charge is -2.16. The van der Waals surface area contributed by atoms with E-state index in [1.54, 1.807) is 18.2 Å². The zero-order valence-electron chi connectivity index (χ0n) is 23.7. The molecule has 1 aliphatic rings. The molecule has 228 valence electrons. The number of nitrogens with zero attached hydrogens (tertiary/aromatic N) is 1. The second-order valence-electron chi connectivity index (χ2n) is 10.1. The maximum atomic E-state index is 15.2. The molecule has 0 bridgehead atoms. The smallest absolute Gasteiger partial charge is 0.240 e. The van der Waals surface area contributed by atoms with Crippen molar-refractivity contribution >= 4 is 51.5 Å². The monoisotopic (exact) mass is 621 g/mol. The van der Waals surface area contributed by atoms with E-state index in [9.17, 15) is 18.8 Å². The average molecular weight is 622 g/mol. The maximum Gasteiger partial charge on any atom is 0.240 e. The predicted molar refractivity (Wildman–Crippen MR) is 164 cm³/mol. The third-order valence-corrected chi connectivity index (χ3v) is 7.76. The Bertz CT molecular complexity index is 1680. The van der Waals surface area contributed by atoms with Gasteiger partial charge in [-0.1, -0.05) is 11.8 Å². The summed E-state index contributed by atoms with van der Waals surface area (Å²) in [5.74, 6) is -0.319. The molecule has 0 saturated heterocycles. The van der Waals surface area contributed by atoms with Crippen LogP contribution in [0.3, 0.4) is 0 Å². The third-order valence-electron chi connectivity index (χ3n) is 7.10. The molecule has 2 amide bonds. The Morgan fingerprint density at radius 3 is 2.32 bits per heavy atom. The summed E-state index contributed by atoms with van der Waals surface area (Å²) in [5.41, 5.74) is 0.616. The van der Waals surface area contributed by atoms with Crippen molar-refractivity contribution in [1.29, 1.82) is 0 Å². The van der Waals surface area contributed by atoms with E-state index >= 15 is 4.39 Å². The molecule has 12 heteroatoms. The van der Waals surface area contributed by atoms with Gasteiger partial charge in [0.05, 0.1) is 19.2 Å². The molecule has 3 aromatic carbocycles. The molecule has 0 spiro atoms. The van der Waals surface area contributed by atoms with Gasteiger partial charge < -0.3 is 24.8 Å². The number of amides is 2. The van der Waals surface area contributed by atoms with Crippen molar-refractivity contribution in [2.75, 3.05) is 30.1 Å². The number of hydrogen-bond acceptors (Lipinski definition) is 8. The van der Waals surface area contributed by atoms with Crippen molar-refractivity contribution < 1.29 is 37.4 Å². The van der Waals surface area contributed by atoms with Crippen LogP contribution in [0.2, 0.25) is 0 Å². The van der Waals surface area contributed by atoms with E-state index in [2.05, 4.69) is 15.6 Å². The van der Waals surface area contributed by atoms with Gasteiger partial charge in [-0.15, -0.1) is 0 Å². The fourth-order valence-electron chi connectivity index (χ4n) is 4.50. The van der Waals surface area contributed by atoms with Crippen LogP contribution in [-0.4, -0.2) is 41.9 Å². The van der Waals surface area contributed by atoms with Gasteiger partial charge in [0.15, 0.2) is 28.7 Å². The summed E-state index contributed by atoms with van der Waals surface area (Å²) < 4.78 is 45.6. The first-order chi connectivity index (χ1) is 21.3. The standard InChI is InChI=1S/C32H29F2N3O6S/c1-41-28-17-23-25(18-29(28)42-14-2-3-15-44-19-38)35-13-10-26(23)43-27-9-8-22(16-24(27)34)37-31(40)32(11-12-32)30(39)36-21-6-4-20(33)5-7-21/h4-10,13,16-19H,2-3,11-12,14-15H2,1H3,(H,36,39)(H,37,40). The Labute approximate surface area is 256 Å². The lowest BCUT2D eigenvalue weighted by atomic mass is 10.0. The number of pyridine rings is 1. The highest BCUT2D eigenvalue weighted by Crippen LogP contribution is 2.47. The van der Waals surface area contributed by atoms with Crippen LogP contribution in [0.25, 0.3) is 10.9 Å². The number of hydrogen-bond donors (Lipinski definition) is 2. The predicted octanol–water partition coefficient (Wildman–Crippen LogP) is 6.75. The van der Waals surface area contributed by atoms with Gasteiger partial charge in [0.1, 0.15) is 17.0 Å². The summed E-state index contributed by atoms with van der Waals surface area (Å²) >= 11 is 1.22. The quantitative estimate of drug-likeness (QED) is 0.0902. The molecule has 0 radical (unpaired) electrons. The van der Waals surface area contributed by atoms with Crippen molar-refractivity contribution in [2.45, 2.75) is 25.7 Å². The number of aromatic nitrogens is 1. The molecule has 0 atom stereocenters. The van der Waals surface area contributed by atoms with Crippen LogP contribution >= 0.6 is 11.8 Å². The number of nitrogens with one attached hydrogen (secondary N) is 2. The van der Waals surface area contributed by atoms with E-state index in [1.807, 2.05) is 0 Å². The molecule has 1 saturated carbocycles. The van der Waals surface area contributed by atoms with Crippen LogP contribution in [0.5, 0.6) is 23.0 Å². The number of halogens is 2. The van der Waals surface area contributed by atoms with Crippen molar-refractivity contribution in [1.82, 2.24) is 4.98 Å². The highest BCUT2D eigenvalue weighted by atomic mass is 32.2. The van der Waals surface area contributed by atoms with E-state index in [0.29, 0.717) is 53.3 Å². The van der Waals surface area contributed by atoms with Gasteiger partial charge in [0, 0.05) is 40.8 Å². The maximum absolute atomic E-state index is 15.2. The van der Waals surface area contributed by atoms with Crippen LogP contribution in [0, 0.1) is 17.0 Å². The van der Waals surface area contributed by atoms with Gasteiger partial charge in [-0.25, -0.2) is 8.78 Å². The lowest BCUT2D eigenvalue weighted by molar-refractivity contribution is -0.131. The van der Waals surface area contributed by atoms with Gasteiger partial charge in [0.25, 0.3) is 0 Å². The molecule has 44 heavy (non-hydrogen) atoms. The first-order valence-corrected chi connectivity index (χ1v) is 14.9. The Morgan fingerprint density at radius 1 is 0.909 bits per heavy atom. The number of methoxy groups -OCH3 is 1. The molecule has 5 rings (SSSR count). The number of fused-ring (bicyclic) bond motifs is 1. The van der Waals surface area contributed by atoms with Gasteiger partial charge in [-0.2, -0.15) is 0 Å². The number of carbonyl (C=O) groups excluding carboxylic acids is 3. The number of ether oxygens (including phenoxy) is 3. The molecule has 9 nitrogen and oxygen atoms in total. The summed E-state index contributed by atoms with van der Waals surface area (Å²) in [6.07, 6.45) is 3.79. The zero-order chi connectivity index (χ0) is 31.1. The number of carbonyl (C=O) groups is 3. The number of thioether (sulfide) groups is 1. The highest BCUT2D eigenvalue weighted by Gasteiger charge is 2.56. The van der Waals surface area contributed by atoms with E-state index < -0.39 is 28.9 Å². The fraction of sp³-hybridized carbons (Fsp3) is 0.250. The van der Waals surface area contributed by atoms with Crippen molar-refractivity contribution in [3.63, 3.8) is 0 Å². The Balaban J connectivity index is 1.25. The van der Waals surface area contributed by atoms with Crippen molar-refractivity contribution in [3.8, 4) is 23.0 Å². The highest BCUT2D eigenvalue weighted by molar-refractivity contribution is 8.11. The van der Waals surface area contributed by atoms with E-state index in [-0.39, 0.29) is 11.4 Å². The second-order valence-corrected chi connectivity index (χ2v) is 11.0. The fourth-order valence-corrected chi connectivity index (χ4v) is 4.97. The molecule has 1 heterocycles. The number of benzene rings is 3. The molecule has 1 fully saturated rings. The Morgan fingerprint density at radius 2 is 1.64 bits per heavy atom. The van der Waals surface area contributed by atoms with E-state index in [4.69, 9.17) is 14.2 Å². The van der Waals surface area contributed by atoms with Gasteiger partial charge in [-0.05, 0) is 74.2 Å². The van der Waals surface area contributed by atoms with E-state index in [1.165, 1.54) is 61.5 Å². The van der Waals surface area contributed by atoms with Crippen LogP contribution in [0.1, 0.15) is 25.7 Å². The number of unbranched alkanes of at least 4 members (excludes halogenated alkanes) is 1. The number of rotatable bonds is 14. The molecule has 2 N–H and O–H groups in total. The normalized spacial score (nSPS) is 13.2. The van der Waals surface area contributed by atoms with Crippen LogP contribution in [-0.2, 0) is 14.4 Å². The Hall–Kier alpha value is -4.71. The zero-order valence-corrected chi connectivity index (χ0v) is 24.5. The summed E-state index contributed by atoms with van der Waals surface area (Å²) in [5, 5.41) is 5.83. The summed E-state index contributed by atoms with van der Waals surface area (Å²) in [6, 6.07) is 14.2.